The van der Waals surface area contributed by atoms with Gasteiger partial charge in [0.2, 0.25) is 0 Å². The van der Waals surface area contributed by atoms with Gasteiger partial charge in [-0.15, -0.1) is 11.3 Å². The third-order valence-electron chi connectivity index (χ3n) is 3.24. The van der Waals surface area contributed by atoms with Gasteiger partial charge in [-0.25, -0.2) is 4.98 Å². The second-order valence-electron chi connectivity index (χ2n) is 4.49. The minimum Gasteiger partial charge on any atom is -0.346 e. The third kappa shape index (κ3) is 3.94. The third-order valence-corrected chi connectivity index (χ3v) is 4.07. The zero-order valence-corrected chi connectivity index (χ0v) is 11.2. The van der Waals surface area contributed by atoms with Crippen molar-refractivity contribution in [2.24, 2.45) is 5.73 Å². The van der Waals surface area contributed by atoms with Crippen molar-refractivity contribution in [2.45, 2.75) is 19.3 Å². The molecule has 1 aromatic rings. The summed E-state index contributed by atoms with van der Waals surface area (Å²) in [5.41, 5.74) is 5.49. The van der Waals surface area contributed by atoms with Gasteiger partial charge in [-0.3, -0.25) is 4.90 Å². The average molecular weight is 254 g/mol. The van der Waals surface area contributed by atoms with Crippen molar-refractivity contribution in [1.29, 1.82) is 0 Å². The first-order valence-corrected chi connectivity index (χ1v) is 7.35. The fourth-order valence-electron chi connectivity index (χ4n) is 2.19. The van der Waals surface area contributed by atoms with Gasteiger partial charge in [0.25, 0.3) is 0 Å². The number of hydrogen-bond donors (Lipinski definition) is 1. The number of piperazine rings is 1. The molecule has 0 atom stereocenters. The maximum atomic E-state index is 5.49. The Hall–Kier alpha value is -0.650. The number of anilines is 1. The molecular weight excluding hydrogens is 232 g/mol. The first-order valence-electron chi connectivity index (χ1n) is 6.47. The predicted molar refractivity (Wildman–Crippen MR) is 73.7 cm³/mol. The van der Waals surface area contributed by atoms with Crippen molar-refractivity contribution in [3.63, 3.8) is 0 Å². The van der Waals surface area contributed by atoms with Crippen molar-refractivity contribution in [3.8, 4) is 0 Å². The number of unbranched alkanes of at least 4 members (excludes halogenated alkanes) is 2. The zero-order valence-electron chi connectivity index (χ0n) is 10.3. The maximum Gasteiger partial charge on any atom is 0.185 e. The quantitative estimate of drug-likeness (QED) is 0.779. The summed E-state index contributed by atoms with van der Waals surface area (Å²) >= 11 is 1.74. The standard InChI is InChI=1S/C12H22N4S/c13-4-2-1-3-6-15-7-9-16(10-8-15)12-14-5-11-17-12/h5,11H,1-4,6-10,13H2. The van der Waals surface area contributed by atoms with E-state index in [2.05, 4.69) is 20.2 Å². The molecule has 1 fully saturated rings. The van der Waals surface area contributed by atoms with E-state index in [0.717, 1.165) is 19.6 Å². The minimum absolute atomic E-state index is 0.831. The molecule has 2 rings (SSSR count). The summed E-state index contributed by atoms with van der Waals surface area (Å²) in [5.74, 6) is 0. The fraction of sp³-hybridized carbons (Fsp3) is 0.750. The Morgan fingerprint density at radius 1 is 1.18 bits per heavy atom. The normalized spacial score (nSPS) is 17.6. The monoisotopic (exact) mass is 254 g/mol. The van der Waals surface area contributed by atoms with Gasteiger partial charge in [-0.05, 0) is 25.9 Å². The lowest BCUT2D eigenvalue weighted by Gasteiger charge is -2.34. The Bertz CT molecular complexity index is 293. The summed E-state index contributed by atoms with van der Waals surface area (Å²) in [6.45, 7) is 6.63. The van der Waals surface area contributed by atoms with Crippen LogP contribution in [-0.2, 0) is 0 Å². The Kier molecular flexibility index (Phi) is 5.22. The summed E-state index contributed by atoms with van der Waals surface area (Å²) in [6.07, 6.45) is 5.61. The molecular formula is C12H22N4S. The Morgan fingerprint density at radius 3 is 2.65 bits per heavy atom. The molecule has 0 saturated carbocycles. The lowest BCUT2D eigenvalue weighted by atomic mass is 10.2. The van der Waals surface area contributed by atoms with Crippen molar-refractivity contribution in [1.82, 2.24) is 9.88 Å². The predicted octanol–water partition coefficient (Wildman–Crippen LogP) is 1.39. The largest absolute Gasteiger partial charge is 0.346 e. The number of nitrogens with two attached hydrogens (primary N) is 1. The summed E-state index contributed by atoms with van der Waals surface area (Å²) in [7, 11) is 0. The van der Waals surface area contributed by atoms with Crippen LogP contribution in [0, 0.1) is 0 Å². The lowest BCUT2D eigenvalue weighted by molar-refractivity contribution is 0.252. The molecule has 0 unspecified atom stereocenters. The van der Waals surface area contributed by atoms with Crippen LogP contribution in [0.2, 0.25) is 0 Å². The van der Waals surface area contributed by atoms with E-state index in [1.807, 2.05) is 6.20 Å². The lowest BCUT2D eigenvalue weighted by Crippen LogP contribution is -2.46. The van der Waals surface area contributed by atoms with Crippen LogP contribution in [0.25, 0.3) is 0 Å². The van der Waals surface area contributed by atoms with Crippen LogP contribution in [0.4, 0.5) is 5.13 Å². The molecule has 17 heavy (non-hydrogen) atoms. The number of nitrogens with zero attached hydrogens (tertiary/aromatic N) is 3. The van der Waals surface area contributed by atoms with Crippen molar-refractivity contribution < 1.29 is 0 Å². The Balaban J connectivity index is 1.64. The summed E-state index contributed by atoms with van der Waals surface area (Å²) < 4.78 is 0. The molecule has 5 heteroatoms. The van der Waals surface area contributed by atoms with E-state index < -0.39 is 0 Å². The molecule has 4 nitrogen and oxygen atoms in total. The second-order valence-corrected chi connectivity index (χ2v) is 5.37. The van der Waals surface area contributed by atoms with E-state index in [1.165, 1.54) is 44.0 Å². The van der Waals surface area contributed by atoms with Gasteiger partial charge < -0.3 is 10.6 Å². The Morgan fingerprint density at radius 2 is 2.00 bits per heavy atom. The van der Waals surface area contributed by atoms with Crippen LogP contribution in [0.5, 0.6) is 0 Å². The minimum atomic E-state index is 0.831. The van der Waals surface area contributed by atoms with E-state index >= 15 is 0 Å². The van der Waals surface area contributed by atoms with Gasteiger partial charge in [-0.2, -0.15) is 0 Å². The molecule has 0 aliphatic carbocycles. The number of hydrogen-bond acceptors (Lipinski definition) is 5. The molecule has 0 aromatic carbocycles. The number of rotatable bonds is 6. The number of aromatic nitrogens is 1. The highest BCUT2D eigenvalue weighted by atomic mass is 32.1. The fourth-order valence-corrected chi connectivity index (χ4v) is 2.89. The first-order chi connectivity index (χ1) is 8.40. The molecule has 1 aliphatic heterocycles. The second kappa shape index (κ2) is 6.93. The molecule has 2 N–H and O–H groups in total. The first kappa shape index (κ1) is 12.8. The van der Waals surface area contributed by atoms with Crippen LogP contribution in [0.1, 0.15) is 19.3 Å². The molecule has 2 heterocycles. The molecule has 0 radical (unpaired) electrons. The van der Waals surface area contributed by atoms with Crippen LogP contribution in [0.15, 0.2) is 11.6 Å². The van der Waals surface area contributed by atoms with Crippen LogP contribution < -0.4 is 10.6 Å². The number of thiazole rings is 1. The molecule has 0 bridgehead atoms. The average Bonchev–Trinajstić information content (AvgIpc) is 2.89. The van der Waals surface area contributed by atoms with Crippen molar-refractivity contribution in [3.05, 3.63) is 11.6 Å². The highest BCUT2D eigenvalue weighted by molar-refractivity contribution is 7.13. The van der Waals surface area contributed by atoms with E-state index in [9.17, 15) is 0 Å². The van der Waals surface area contributed by atoms with E-state index in [1.54, 1.807) is 11.3 Å². The van der Waals surface area contributed by atoms with Gasteiger partial charge in [0.05, 0.1) is 0 Å². The molecule has 1 aromatic heterocycles. The van der Waals surface area contributed by atoms with Gasteiger partial charge >= 0.3 is 0 Å². The van der Waals surface area contributed by atoms with Gasteiger partial charge in [0.15, 0.2) is 5.13 Å². The van der Waals surface area contributed by atoms with Crippen molar-refractivity contribution >= 4 is 16.5 Å². The van der Waals surface area contributed by atoms with E-state index in [4.69, 9.17) is 5.73 Å². The maximum absolute atomic E-state index is 5.49. The SMILES string of the molecule is NCCCCCN1CCN(c2nccs2)CC1. The summed E-state index contributed by atoms with van der Waals surface area (Å²) in [4.78, 5) is 9.31. The van der Waals surface area contributed by atoms with Gasteiger partial charge in [0, 0.05) is 37.8 Å². The van der Waals surface area contributed by atoms with E-state index in [-0.39, 0.29) is 0 Å². The summed E-state index contributed by atoms with van der Waals surface area (Å²) in [6, 6.07) is 0. The summed E-state index contributed by atoms with van der Waals surface area (Å²) in [5, 5.41) is 3.22. The smallest absolute Gasteiger partial charge is 0.185 e. The highest BCUT2D eigenvalue weighted by Gasteiger charge is 2.17. The zero-order chi connectivity index (χ0) is 11.9. The molecule has 1 aliphatic rings. The van der Waals surface area contributed by atoms with Crippen LogP contribution in [-0.4, -0.2) is 49.2 Å². The van der Waals surface area contributed by atoms with Gasteiger partial charge in [-0.1, -0.05) is 6.42 Å². The Labute approximate surface area is 107 Å². The van der Waals surface area contributed by atoms with Crippen LogP contribution >= 0.6 is 11.3 Å². The van der Waals surface area contributed by atoms with E-state index in [0.29, 0.717) is 0 Å². The van der Waals surface area contributed by atoms with Crippen molar-refractivity contribution in [2.75, 3.05) is 44.2 Å². The molecule has 0 spiro atoms. The molecule has 0 amide bonds. The topological polar surface area (TPSA) is 45.4 Å². The van der Waals surface area contributed by atoms with Gasteiger partial charge in [0.1, 0.15) is 0 Å². The molecule has 1 saturated heterocycles. The van der Waals surface area contributed by atoms with Crippen LogP contribution in [0.3, 0.4) is 0 Å². The highest BCUT2D eigenvalue weighted by Crippen LogP contribution is 2.18. The molecule has 96 valence electrons.